The highest BCUT2D eigenvalue weighted by atomic mass is 79.9. The van der Waals surface area contributed by atoms with Crippen molar-refractivity contribution in [2.45, 2.75) is 18.6 Å². The molecule has 0 amide bonds. The Morgan fingerprint density at radius 3 is 2.52 bits per heavy atom. The van der Waals surface area contributed by atoms with Gasteiger partial charge in [-0.3, -0.25) is 0 Å². The molecule has 3 rings (SSSR count). The summed E-state index contributed by atoms with van der Waals surface area (Å²) in [7, 11) is 0. The minimum Gasteiger partial charge on any atom is -0.484 e. The summed E-state index contributed by atoms with van der Waals surface area (Å²) in [6.07, 6.45) is -0.397. The van der Waals surface area contributed by atoms with Crippen LogP contribution in [0.25, 0.3) is 0 Å². The molecule has 2 nitrogen and oxygen atoms in total. The van der Waals surface area contributed by atoms with Gasteiger partial charge >= 0.3 is 0 Å². The van der Waals surface area contributed by atoms with Gasteiger partial charge in [-0.15, -0.1) is 0 Å². The molecular formula is C15H11BrF3NO. The monoisotopic (exact) mass is 357 g/mol. The number of benzene rings is 2. The zero-order valence-electron chi connectivity index (χ0n) is 10.7. The third kappa shape index (κ3) is 2.65. The molecule has 2 aromatic rings. The second kappa shape index (κ2) is 5.35. The van der Waals surface area contributed by atoms with Crippen LogP contribution in [0.15, 0.2) is 34.8 Å². The maximum absolute atomic E-state index is 13.9. The third-order valence-electron chi connectivity index (χ3n) is 3.47. The van der Waals surface area contributed by atoms with Gasteiger partial charge in [-0.05, 0) is 36.2 Å². The van der Waals surface area contributed by atoms with Gasteiger partial charge in [-0.2, -0.15) is 0 Å². The summed E-state index contributed by atoms with van der Waals surface area (Å²) in [6.45, 7) is 0. The molecule has 0 saturated carbocycles. The highest BCUT2D eigenvalue weighted by Crippen LogP contribution is 2.36. The van der Waals surface area contributed by atoms with Crippen molar-refractivity contribution in [1.29, 1.82) is 0 Å². The normalized spacial score (nSPS) is 20.8. The summed E-state index contributed by atoms with van der Waals surface area (Å²) in [5.41, 5.74) is 6.82. The zero-order valence-corrected chi connectivity index (χ0v) is 12.3. The number of fused-ring (bicyclic) bond motifs is 1. The molecular weight excluding hydrogens is 347 g/mol. The number of ether oxygens (including phenoxy) is 1. The lowest BCUT2D eigenvalue weighted by Crippen LogP contribution is -2.38. The maximum atomic E-state index is 13.9. The standard InChI is InChI=1S/C15H11BrF3NO/c16-8-1-2-14-7(3-8)4-13(20)15(21-14)9-5-11(18)12(19)6-10(9)17/h1-3,5-6,13,15H,4,20H2/t13-,15+/m1/s1. The lowest BCUT2D eigenvalue weighted by atomic mass is 9.93. The van der Waals surface area contributed by atoms with Crippen LogP contribution >= 0.6 is 15.9 Å². The van der Waals surface area contributed by atoms with E-state index < -0.39 is 29.6 Å². The first kappa shape index (κ1) is 14.4. The lowest BCUT2D eigenvalue weighted by Gasteiger charge is -2.32. The van der Waals surface area contributed by atoms with Crippen LogP contribution in [0.4, 0.5) is 13.2 Å². The van der Waals surface area contributed by atoms with Crippen LogP contribution in [0.2, 0.25) is 0 Å². The Morgan fingerprint density at radius 1 is 1.05 bits per heavy atom. The summed E-state index contributed by atoms with van der Waals surface area (Å²) in [5.74, 6) is -2.65. The molecule has 1 aliphatic rings. The van der Waals surface area contributed by atoms with Crippen LogP contribution in [-0.2, 0) is 6.42 Å². The highest BCUT2D eigenvalue weighted by Gasteiger charge is 2.31. The van der Waals surface area contributed by atoms with Crippen LogP contribution < -0.4 is 10.5 Å². The van der Waals surface area contributed by atoms with Crippen molar-refractivity contribution in [2.24, 2.45) is 5.73 Å². The van der Waals surface area contributed by atoms with E-state index in [2.05, 4.69) is 15.9 Å². The number of halogens is 4. The van der Waals surface area contributed by atoms with Crippen LogP contribution in [0.3, 0.4) is 0 Å². The van der Waals surface area contributed by atoms with Gasteiger partial charge in [0.1, 0.15) is 17.7 Å². The summed E-state index contributed by atoms with van der Waals surface area (Å²) < 4.78 is 46.8. The first-order valence-electron chi connectivity index (χ1n) is 6.31. The van der Waals surface area contributed by atoms with Crippen LogP contribution in [0, 0.1) is 17.5 Å². The summed E-state index contributed by atoms with van der Waals surface area (Å²) in [5, 5.41) is 0. The van der Waals surface area contributed by atoms with Gasteiger partial charge in [-0.25, -0.2) is 13.2 Å². The quantitative estimate of drug-likeness (QED) is 0.786. The molecule has 2 aromatic carbocycles. The number of hydrogen-bond donors (Lipinski definition) is 1. The predicted octanol–water partition coefficient (Wildman–Crippen LogP) is 3.87. The molecule has 0 fully saturated rings. The molecule has 1 heterocycles. The van der Waals surface area contributed by atoms with E-state index in [0.717, 1.165) is 16.1 Å². The third-order valence-corrected chi connectivity index (χ3v) is 3.96. The van der Waals surface area contributed by atoms with Crippen molar-refractivity contribution >= 4 is 15.9 Å². The van der Waals surface area contributed by atoms with E-state index in [-0.39, 0.29) is 5.56 Å². The Morgan fingerprint density at radius 2 is 1.76 bits per heavy atom. The zero-order chi connectivity index (χ0) is 15.1. The van der Waals surface area contributed by atoms with E-state index in [1.54, 1.807) is 12.1 Å². The van der Waals surface area contributed by atoms with E-state index in [1.807, 2.05) is 6.07 Å². The van der Waals surface area contributed by atoms with Gasteiger partial charge < -0.3 is 10.5 Å². The molecule has 110 valence electrons. The van der Waals surface area contributed by atoms with E-state index in [4.69, 9.17) is 10.5 Å². The topological polar surface area (TPSA) is 35.2 Å². The van der Waals surface area contributed by atoms with Crippen molar-refractivity contribution in [2.75, 3.05) is 0 Å². The summed E-state index contributed by atoms with van der Waals surface area (Å²) >= 11 is 3.35. The van der Waals surface area contributed by atoms with Gasteiger partial charge in [0, 0.05) is 16.1 Å². The van der Waals surface area contributed by atoms with Gasteiger partial charge in [0.2, 0.25) is 0 Å². The first-order chi connectivity index (χ1) is 9.95. The molecule has 2 atom stereocenters. The Bertz CT molecular complexity index is 708. The fourth-order valence-electron chi connectivity index (χ4n) is 2.46. The largest absolute Gasteiger partial charge is 0.484 e. The Hall–Kier alpha value is -1.53. The second-order valence-electron chi connectivity index (χ2n) is 4.95. The molecule has 0 saturated heterocycles. The average Bonchev–Trinajstić information content (AvgIpc) is 2.42. The van der Waals surface area contributed by atoms with Crippen molar-refractivity contribution in [3.8, 4) is 5.75 Å². The molecule has 0 radical (unpaired) electrons. The number of hydrogen-bond acceptors (Lipinski definition) is 2. The van der Waals surface area contributed by atoms with E-state index in [9.17, 15) is 13.2 Å². The van der Waals surface area contributed by atoms with Crippen molar-refractivity contribution in [1.82, 2.24) is 0 Å². The molecule has 0 aliphatic carbocycles. The second-order valence-corrected chi connectivity index (χ2v) is 5.86. The molecule has 0 spiro atoms. The summed E-state index contributed by atoms with van der Waals surface area (Å²) in [4.78, 5) is 0. The molecule has 0 bridgehead atoms. The fourth-order valence-corrected chi connectivity index (χ4v) is 2.87. The van der Waals surface area contributed by atoms with E-state index in [1.165, 1.54) is 0 Å². The Labute approximate surface area is 127 Å². The van der Waals surface area contributed by atoms with Crippen LogP contribution in [-0.4, -0.2) is 6.04 Å². The Balaban J connectivity index is 2.01. The fraction of sp³-hybridized carbons (Fsp3) is 0.200. The average molecular weight is 358 g/mol. The van der Waals surface area contributed by atoms with E-state index >= 15 is 0 Å². The van der Waals surface area contributed by atoms with Crippen LogP contribution in [0.5, 0.6) is 5.75 Å². The minimum atomic E-state index is -1.23. The van der Waals surface area contributed by atoms with Crippen molar-refractivity contribution in [3.63, 3.8) is 0 Å². The van der Waals surface area contributed by atoms with Gasteiger partial charge in [0.05, 0.1) is 6.04 Å². The summed E-state index contributed by atoms with van der Waals surface area (Å²) in [6, 6.07) is 6.15. The van der Waals surface area contributed by atoms with Gasteiger partial charge in [0.15, 0.2) is 11.6 Å². The van der Waals surface area contributed by atoms with Crippen molar-refractivity contribution in [3.05, 3.63) is 63.4 Å². The predicted molar refractivity (Wildman–Crippen MR) is 75.5 cm³/mol. The maximum Gasteiger partial charge on any atom is 0.161 e. The van der Waals surface area contributed by atoms with Crippen LogP contribution in [0.1, 0.15) is 17.2 Å². The lowest BCUT2D eigenvalue weighted by molar-refractivity contribution is 0.148. The molecule has 6 heteroatoms. The first-order valence-corrected chi connectivity index (χ1v) is 7.10. The Kier molecular flexibility index (Phi) is 3.67. The molecule has 21 heavy (non-hydrogen) atoms. The molecule has 1 aliphatic heterocycles. The van der Waals surface area contributed by atoms with E-state index in [0.29, 0.717) is 18.2 Å². The minimum absolute atomic E-state index is 0.0741. The van der Waals surface area contributed by atoms with Gasteiger partial charge in [-0.1, -0.05) is 15.9 Å². The van der Waals surface area contributed by atoms with Gasteiger partial charge in [0.25, 0.3) is 0 Å². The number of rotatable bonds is 1. The smallest absolute Gasteiger partial charge is 0.161 e. The molecule has 2 N–H and O–H groups in total. The number of nitrogens with two attached hydrogens (primary N) is 1. The highest BCUT2D eigenvalue weighted by molar-refractivity contribution is 9.10. The SMILES string of the molecule is N[C@@H]1Cc2cc(Br)ccc2O[C@H]1c1cc(F)c(F)cc1F. The molecule has 0 aromatic heterocycles. The molecule has 0 unspecified atom stereocenters. The van der Waals surface area contributed by atoms with Crippen molar-refractivity contribution < 1.29 is 17.9 Å².